The maximum atomic E-state index is 13.5. The molecular formula is C32H25N3O6. The highest BCUT2D eigenvalue weighted by atomic mass is 16.5. The number of ether oxygens (including phenoxy) is 2. The molecule has 1 N–H and O–H groups in total. The lowest BCUT2D eigenvalue weighted by molar-refractivity contribution is -0.121. The van der Waals surface area contributed by atoms with Crippen molar-refractivity contribution >= 4 is 46.9 Å². The first-order chi connectivity index (χ1) is 19.9. The van der Waals surface area contributed by atoms with Crippen LogP contribution in [-0.4, -0.2) is 37.5 Å². The fourth-order valence-electron chi connectivity index (χ4n) is 4.19. The van der Waals surface area contributed by atoms with Crippen LogP contribution < -0.4 is 24.6 Å². The first-order valence-corrected chi connectivity index (χ1v) is 12.7. The van der Waals surface area contributed by atoms with Crippen LogP contribution in [0.5, 0.6) is 11.5 Å². The van der Waals surface area contributed by atoms with Crippen molar-refractivity contribution in [3.05, 3.63) is 120 Å². The lowest BCUT2D eigenvalue weighted by Gasteiger charge is -2.33. The van der Waals surface area contributed by atoms with Gasteiger partial charge in [0.15, 0.2) is 6.61 Å². The zero-order valence-electron chi connectivity index (χ0n) is 22.0. The summed E-state index contributed by atoms with van der Waals surface area (Å²) in [5, 5.41) is 2.74. The molecule has 0 unspecified atom stereocenters. The summed E-state index contributed by atoms with van der Waals surface area (Å²) in [6, 6.07) is 29.6. The number of hydrogen-bond acceptors (Lipinski definition) is 6. The molecular weight excluding hydrogens is 522 g/mol. The second kappa shape index (κ2) is 12.0. The zero-order chi connectivity index (χ0) is 28.8. The van der Waals surface area contributed by atoms with Crippen molar-refractivity contribution in [1.82, 2.24) is 0 Å². The Balaban J connectivity index is 1.34. The minimum Gasteiger partial charge on any atom is -0.497 e. The van der Waals surface area contributed by atoms with E-state index in [2.05, 4.69) is 5.32 Å². The van der Waals surface area contributed by atoms with Crippen LogP contribution in [0.25, 0.3) is 6.08 Å². The number of hydrogen-bond donors (Lipinski definition) is 1. The van der Waals surface area contributed by atoms with E-state index in [9.17, 15) is 19.2 Å². The molecule has 0 aliphatic carbocycles. The topological polar surface area (TPSA) is 105 Å². The Morgan fingerprint density at radius 2 is 1.22 bits per heavy atom. The van der Waals surface area contributed by atoms with Crippen molar-refractivity contribution in [2.75, 3.05) is 28.8 Å². The predicted molar refractivity (Wildman–Crippen MR) is 155 cm³/mol. The Hall–Kier alpha value is -5.70. The highest BCUT2D eigenvalue weighted by molar-refractivity contribution is 6.46. The van der Waals surface area contributed by atoms with Crippen molar-refractivity contribution in [3.8, 4) is 11.5 Å². The van der Waals surface area contributed by atoms with Gasteiger partial charge in [0.25, 0.3) is 17.7 Å². The molecule has 5 rings (SSSR count). The van der Waals surface area contributed by atoms with Crippen molar-refractivity contribution in [2.45, 2.75) is 0 Å². The maximum absolute atomic E-state index is 13.5. The second-order valence-corrected chi connectivity index (χ2v) is 8.93. The number of methoxy groups -OCH3 is 1. The number of urea groups is 1. The third kappa shape index (κ3) is 5.99. The van der Waals surface area contributed by atoms with E-state index in [1.165, 1.54) is 6.08 Å². The van der Waals surface area contributed by atoms with Crippen molar-refractivity contribution in [3.63, 3.8) is 0 Å². The van der Waals surface area contributed by atoms with Gasteiger partial charge in [0.05, 0.1) is 18.5 Å². The number of benzene rings is 4. The summed E-state index contributed by atoms with van der Waals surface area (Å²) in [4.78, 5) is 54.6. The number of barbiturate groups is 1. The summed E-state index contributed by atoms with van der Waals surface area (Å²) >= 11 is 0. The van der Waals surface area contributed by atoms with Gasteiger partial charge < -0.3 is 14.8 Å². The molecule has 4 aromatic carbocycles. The SMILES string of the molecule is COc1ccc(NC(=O)COc2ccc(C=C3C(=O)N(c4ccccc4)C(=O)N(c4ccccc4)C3=O)cc2)cc1. The molecule has 0 bridgehead atoms. The highest BCUT2D eigenvalue weighted by Crippen LogP contribution is 2.29. The van der Waals surface area contributed by atoms with Gasteiger partial charge in [-0.05, 0) is 72.3 Å². The molecule has 5 amide bonds. The minimum absolute atomic E-state index is 0.176. The first-order valence-electron chi connectivity index (χ1n) is 12.7. The molecule has 0 aromatic heterocycles. The Labute approximate surface area is 236 Å². The standard InChI is InChI=1S/C32H25N3O6/c1-40-26-18-14-23(15-19-26)33-29(36)21-41-27-16-12-22(13-17-27)20-28-30(37)34(24-8-4-2-5-9-24)32(39)35(31(28)38)25-10-6-3-7-11-25/h2-20H,21H2,1H3,(H,33,36). The highest BCUT2D eigenvalue weighted by Gasteiger charge is 2.43. The smallest absolute Gasteiger partial charge is 0.343 e. The summed E-state index contributed by atoms with van der Waals surface area (Å²) in [7, 11) is 1.56. The molecule has 9 nitrogen and oxygen atoms in total. The third-order valence-corrected chi connectivity index (χ3v) is 6.21. The summed E-state index contributed by atoms with van der Waals surface area (Å²) in [5.41, 5.74) is 1.66. The van der Waals surface area contributed by atoms with E-state index in [0.717, 1.165) is 9.80 Å². The van der Waals surface area contributed by atoms with Crippen molar-refractivity contribution in [2.24, 2.45) is 0 Å². The molecule has 204 valence electrons. The van der Waals surface area contributed by atoms with E-state index in [0.29, 0.717) is 34.1 Å². The van der Waals surface area contributed by atoms with Crippen LogP contribution >= 0.6 is 0 Å². The lowest BCUT2D eigenvalue weighted by atomic mass is 10.0. The molecule has 1 aliphatic rings. The summed E-state index contributed by atoms with van der Waals surface area (Å²) in [5.74, 6) is -0.697. The lowest BCUT2D eigenvalue weighted by Crippen LogP contribution is -2.57. The van der Waals surface area contributed by atoms with Crippen LogP contribution in [0.15, 0.2) is 115 Å². The average Bonchev–Trinajstić information content (AvgIpc) is 3.00. The molecule has 0 radical (unpaired) electrons. The van der Waals surface area contributed by atoms with Crippen LogP contribution in [0, 0.1) is 0 Å². The fourth-order valence-corrected chi connectivity index (χ4v) is 4.19. The number of para-hydroxylation sites is 2. The van der Waals surface area contributed by atoms with E-state index in [1.54, 1.807) is 116 Å². The molecule has 1 fully saturated rings. The monoisotopic (exact) mass is 547 g/mol. The predicted octanol–water partition coefficient (Wildman–Crippen LogP) is 5.30. The van der Waals surface area contributed by atoms with Gasteiger partial charge in [0.2, 0.25) is 0 Å². The molecule has 1 aliphatic heterocycles. The van der Waals surface area contributed by atoms with E-state index in [4.69, 9.17) is 9.47 Å². The van der Waals surface area contributed by atoms with Crippen molar-refractivity contribution in [1.29, 1.82) is 0 Å². The number of nitrogens with one attached hydrogen (secondary N) is 1. The third-order valence-electron chi connectivity index (χ3n) is 6.21. The molecule has 0 spiro atoms. The largest absolute Gasteiger partial charge is 0.497 e. The fraction of sp³-hybridized carbons (Fsp3) is 0.0625. The van der Waals surface area contributed by atoms with E-state index in [-0.39, 0.29) is 18.1 Å². The second-order valence-electron chi connectivity index (χ2n) is 8.93. The molecule has 1 heterocycles. The molecule has 0 atom stereocenters. The van der Waals surface area contributed by atoms with Crippen LogP contribution in [0.1, 0.15) is 5.56 Å². The van der Waals surface area contributed by atoms with Gasteiger partial charge in [0, 0.05) is 5.69 Å². The number of nitrogens with zero attached hydrogens (tertiary/aromatic N) is 2. The van der Waals surface area contributed by atoms with Gasteiger partial charge in [-0.2, -0.15) is 0 Å². The van der Waals surface area contributed by atoms with E-state index in [1.807, 2.05) is 0 Å². The maximum Gasteiger partial charge on any atom is 0.343 e. The van der Waals surface area contributed by atoms with Gasteiger partial charge in [-0.1, -0.05) is 48.5 Å². The Bertz CT molecular complexity index is 1540. The Kier molecular flexibility index (Phi) is 7.87. The van der Waals surface area contributed by atoms with Crippen LogP contribution in [-0.2, 0) is 14.4 Å². The molecule has 4 aromatic rings. The van der Waals surface area contributed by atoms with Crippen molar-refractivity contribution < 1.29 is 28.7 Å². The molecule has 41 heavy (non-hydrogen) atoms. The van der Waals surface area contributed by atoms with Crippen LogP contribution in [0.4, 0.5) is 21.9 Å². The van der Waals surface area contributed by atoms with E-state index < -0.39 is 17.8 Å². The number of anilines is 3. The Morgan fingerprint density at radius 3 is 1.73 bits per heavy atom. The number of amides is 5. The first kappa shape index (κ1) is 26.9. The molecule has 1 saturated heterocycles. The van der Waals surface area contributed by atoms with Gasteiger partial charge in [0.1, 0.15) is 17.1 Å². The normalized spacial score (nSPS) is 13.2. The van der Waals surface area contributed by atoms with Crippen LogP contribution in [0.2, 0.25) is 0 Å². The molecule has 0 saturated carbocycles. The number of rotatable bonds is 8. The summed E-state index contributed by atoms with van der Waals surface area (Å²) < 4.78 is 10.7. The number of imide groups is 2. The minimum atomic E-state index is -0.758. The van der Waals surface area contributed by atoms with Gasteiger partial charge in [-0.25, -0.2) is 14.6 Å². The average molecular weight is 548 g/mol. The quantitative estimate of drug-likeness (QED) is 0.237. The summed E-state index contributed by atoms with van der Waals surface area (Å²) in [6.45, 7) is -0.219. The molecule has 9 heteroatoms. The summed E-state index contributed by atoms with van der Waals surface area (Å²) in [6.07, 6.45) is 1.43. The number of carbonyl (C=O) groups is 4. The Morgan fingerprint density at radius 1 is 0.707 bits per heavy atom. The zero-order valence-corrected chi connectivity index (χ0v) is 22.0. The van der Waals surface area contributed by atoms with Gasteiger partial charge >= 0.3 is 6.03 Å². The van der Waals surface area contributed by atoms with Gasteiger partial charge in [-0.3, -0.25) is 14.4 Å². The van der Waals surface area contributed by atoms with Gasteiger partial charge in [-0.15, -0.1) is 0 Å². The number of carbonyl (C=O) groups excluding carboxylic acids is 4. The van der Waals surface area contributed by atoms with E-state index >= 15 is 0 Å². The van der Waals surface area contributed by atoms with Crippen LogP contribution in [0.3, 0.4) is 0 Å².